The number of hydrogen-bond acceptors (Lipinski definition) is 3. The van der Waals surface area contributed by atoms with Crippen LogP contribution in [0.2, 0.25) is 5.02 Å². The second-order valence-corrected chi connectivity index (χ2v) is 6.62. The van der Waals surface area contributed by atoms with Gasteiger partial charge in [0.2, 0.25) is 11.8 Å². The molecule has 2 N–H and O–H groups in total. The lowest BCUT2D eigenvalue weighted by atomic mass is 10.1. The predicted octanol–water partition coefficient (Wildman–Crippen LogP) is 3.34. The van der Waals surface area contributed by atoms with E-state index in [-0.39, 0.29) is 30.3 Å². The fourth-order valence-electron chi connectivity index (χ4n) is 2.82. The molecule has 1 atom stereocenters. The molecule has 0 aliphatic carbocycles. The highest BCUT2D eigenvalue weighted by Crippen LogP contribution is 2.29. The zero-order valence-electron chi connectivity index (χ0n) is 14.0. The molecular weight excluding hydrogens is 356 g/mol. The molecule has 134 valence electrons. The Morgan fingerprint density at radius 1 is 1.19 bits per heavy atom. The first-order valence-corrected chi connectivity index (χ1v) is 8.43. The third-order valence-corrected chi connectivity index (χ3v) is 4.77. The summed E-state index contributed by atoms with van der Waals surface area (Å²) in [5, 5.41) is 12.2. The molecule has 3 rings (SSSR count). The van der Waals surface area contributed by atoms with E-state index in [9.17, 15) is 14.4 Å². The Kier molecular flexibility index (Phi) is 4.95. The minimum Gasteiger partial charge on any atom is -0.478 e. The van der Waals surface area contributed by atoms with Crippen molar-refractivity contribution in [2.24, 2.45) is 5.92 Å². The van der Waals surface area contributed by atoms with Crippen molar-refractivity contribution in [1.29, 1.82) is 0 Å². The van der Waals surface area contributed by atoms with Crippen LogP contribution in [-0.2, 0) is 9.59 Å². The third-order valence-electron chi connectivity index (χ3n) is 4.36. The van der Waals surface area contributed by atoms with Gasteiger partial charge in [0.25, 0.3) is 0 Å². The second-order valence-electron chi connectivity index (χ2n) is 6.21. The lowest BCUT2D eigenvalue weighted by Gasteiger charge is -2.17. The molecule has 0 bridgehead atoms. The molecule has 0 spiro atoms. The minimum atomic E-state index is -1.03. The number of carbonyl (C=O) groups is 3. The van der Waals surface area contributed by atoms with Gasteiger partial charge in [0, 0.05) is 29.4 Å². The van der Waals surface area contributed by atoms with Gasteiger partial charge in [-0.1, -0.05) is 17.7 Å². The van der Waals surface area contributed by atoms with Crippen LogP contribution in [0.15, 0.2) is 42.5 Å². The van der Waals surface area contributed by atoms with Gasteiger partial charge >= 0.3 is 5.97 Å². The van der Waals surface area contributed by atoms with Crippen molar-refractivity contribution < 1.29 is 19.5 Å². The highest BCUT2D eigenvalue weighted by molar-refractivity contribution is 6.31. The number of carbonyl (C=O) groups excluding carboxylic acids is 2. The zero-order valence-corrected chi connectivity index (χ0v) is 14.8. The number of halogens is 1. The molecule has 6 nitrogen and oxygen atoms in total. The van der Waals surface area contributed by atoms with Crippen molar-refractivity contribution in [2.75, 3.05) is 16.8 Å². The van der Waals surface area contributed by atoms with E-state index in [0.717, 1.165) is 5.56 Å². The summed E-state index contributed by atoms with van der Waals surface area (Å²) in [6.07, 6.45) is 0.116. The normalized spacial score (nSPS) is 16.6. The van der Waals surface area contributed by atoms with Crippen molar-refractivity contribution in [3.8, 4) is 0 Å². The summed E-state index contributed by atoms with van der Waals surface area (Å²) < 4.78 is 0. The minimum absolute atomic E-state index is 0.116. The second kappa shape index (κ2) is 7.17. The first kappa shape index (κ1) is 17.9. The smallest absolute Gasteiger partial charge is 0.335 e. The van der Waals surface area contributed by atoms with Crippen LogP contribution < -0.4 is 10.2 Å². The average Bonchev–Trinajstić information content (AvgIpc) is 3.00. The van der Waals surface area contributed by atoms with E-state index in [4.69, 9.17) is 16.7 Å². The summed E-state index contributed by atoms with van der Waals surface area (Å²) in [4.78, 5) is 37.2. The number of nitrogens with one attached hydrogen (secondary N) is 1. The lowest BCUT2D eigenvalue weighted by molar-refractivity contribution is -0.122. The Bertz CT molecular complexity index is 880. The molecule has 1 heterocycles. The lowest BCUT2D eigenvalue weighted by Crippen LogP contribution is -2.28. The zero-order chi connectivity index (χ0) is 18.8. The Morgan fingerprint density at radius 2 is 1.88 bits per heavy atom. The average molecular weight is 373 g/mol. The van der Waals surface area contributed by atoms with E-state index in [1.807, 2.05) is 19.1 Å². The maximum absolute atomic E-state index is 12.4. The number of aromatic carboxylic acids is 1. The van der Waals surface area contributed by atoms with Crippen molar-refractivity contribution >= 4 is 40.8 Å². The number of nitrogens with zero attached hydrogens (tertiary/aromatic N) is 1. The summed E-state index contributed by atoms with van der Waals surface area (Å²) in [6, 6.07) is 11.2. The van der Waals surface area contributed by atoms with Gasteiger partial charge in [-0.3, -0.25) is 9.59 Å². The van der Waals surface area contributed by atoms with Crippen molar-refractivity contribution in [3.05, 3.63) is 58.6 Å². The number of aryl methyl sites for hydroxylation is 1. The SMILES string of the molecule is Cc1ccc(N2C[C@H](C(=O)Nc3ccc(C(=O)O)cc3)CC2=O)cc1Cl. The van der Waals surface area contributed by atoms with E-state index in [0.29, 0.717) is 16.4 Å². The molecule has 2 amide bonds. The van der Waals surface area contributed by atoms with Gasteiger partial charge in [-0.2, -0.15) is 0 Å². The standard InChI is InChI=1S/C19H17ClN2O4/c1-11-2-7-15(9-16(11)20)22-10-13(8-17(22)23)18(24)21-14-5-3-12(4-6-14)19(25)26/h2-7,9,13H,8,10H2,1H3,(H,21,24)(H,25,26)/t13-/m1/s1. The summed E-state index contributed by atoms with van der Waals surface area (Å²) in [7, 11) is 0. The molecular formula is C19H17ClN2O4. The number of rotatable bonds is 4. The van der Waals surface area contributed by atoms with E-state index in [1.165, 1.54) is 24.3 Å². The highest BCUT2D eigenvalue weighted by atomic mass is 35.5. The van der Waals surface area contributed by atoms with E-state index >= 15 is 0 Å². The molecule has 1 fully saturated rings. The largest absolute Gasteiger partial charge is 0.478 e. The van der Waals surface area contributed by atoms with Crippen LogP contribution in [0.4, 0.5) is 11.4 Å². The monoisotopic (exact) mass is 372 g/mol. The van der Waals surface area contributed by atoms with Gasteiger partial charge < -0.3 is 15.3 Å². The maximum atomic E-state index is 12.4. The number of carboxylic acids is 1. The highest BCUT2D eigenvalue weighted by Gasteiger charge is 2.35. The molecule has 26 heavy (non-hydrogen) atoms. The van der Waals surface area contributed by atoms with Gasteiger partial charge in [-0.05, 0) is 48.9 Å². The molecule has 2 aromatic rings. The van der Waals surface area contributed by atoms with Crippen molar-refractivity contribution in [2.45, 2.75) is 13.3 Å². The van der Waals surface area contributed by atoms with Gasteiger partial charge in [-0.15, -0.1) is 0 Å². The molecule has 0 radical (unpaired) electrons. The molecule has 0 aromatic heterocycles. The van der Waals surface area contributed by atoms with Crippen LogP contribution in [0.3, 0.4) is 0 Å². The molecule has 2 aromatic carbocycles. The summed E-state index contributed by atoms with van der Waals surface area (Å²) in [5.74, 6) is -1.92. The van der Waals surface area contributed by atoms with Crippen molar-refractivity contribution in [3.63, 3.8) is 0 Å². The summed E-state index contributed by atoms with van der Waals surface area (Å²) in [6.45, 7) is 2.15. The Balaban J connectivity index is 1.68. The summed E-state index contributed by atoms with van der Waals surface area (Å²) >= 11 is 6.12. The van der Waals surface area contributed by atoms with Gasteiger partial charge in [0.1, 0.15) is 0 Å². The van der Waals surface area contributed by atoms with Crippen LogP contribution in [-0.4, -0.2) is 29.4 Å². The molecule has 7 heteroatoms. The van der Waals surface area contributed by atoms with E-state index < -0.39 is 11.9 Å². The van der Waals surface area contributed by atoms with Crippen LogP contribution in [0.5, 0.6) is 0 Å². The van der Waals surface area contributed by atoms with E-state index in [2.05, 4.69) is 5.32 Å². The van der Waals surface area contributed by atoms with Gasteiger partial charge in [-0.25, -0.2) is 4.79 Å². The van der Waals surface area contributed by atoms with Crippen LogP contribution in [0, 0.1) is 12.8 Å². The van der Waals surface area contributed by atoms with Crippen LogP contribution in [0.1, 0.15) is 22.3 Å². The molecule has 1 saturated heterocycles. The number of amides is 2. The molecule has 1 aliphatic heterocycles. The van der Waals surface area contributed by atoms with Gasteiger partial charge in [0.15, 0.2) is 0 Å². The number of benzene rings is 2. The first-order chi connectivity index (χ1) is 12.3. The van der Waals surface area contributed by atoms with Gasteiger partial charge in [0.05, 0.1) is 11.5 Å². The predicted molar refractivity (Wildman–Crippen MR) is 98.7 cm³/mol. The Labute approximate surface area is 155 Å². The molecule has 0 unspecified atom stereocenters. The quantitative estimate of drug-likeness (QED) is 0.861. The Hall–Kier alpha value is -2.86. The Morgan fingerprint density at radius 3 is 2.50 bits per heavy atom. The number of anilines is 2. The van der Waals surface area contributed by atoms with Crippen molar-refractivity contribution in [1.82, 2.24) is 0 Å². The molecule has 0 saturated carbocycles. The number of hydrogen-bond donors (Lipinski definition) is 2. The molecule has 1 aliphatic rings. The van der Waals surface area contributed by atoms with E-state index in [1.54, 1.807) is 11.0 Å². The van der Waals surface area contributed by atoms with Crippen LogP contribution >= 0.6 is 11.6 Å². The van der Waals surface area contributed by atoms with Crippen LogP contribution in [0.25, 0.3) is 0 Å². The number of carboxylic acid groups (broad SMARTS) is 1. The summed E-state index contributed by atoms with van der Waals surface area (Å²) in [5.41, 5.74) is 2.22. The fourth-order valence-corrected chi connectivity index (χ4v) is 3.00. The third kappa shape index (κ3) is 3.70. The maximum Gasteiger partial charge on any atom is 0.335 e. The first-order valence-electron chi connectivity index (χ1n) is 8.06. The fraction of sp³-hybridized carbons (Fsp3) is 0.211. The topological polar surface area (TPSA) is 86.7 Å².